The highest BCUT2D eigenvalue weighted by molar-refractivity contribution is 7.22. The Morgan fingerprint density at radius 3 is 2.62 bits per heavy atom. The van der Waals surface area contributed by atoms with Gasteiger partial charge >= 0.3 is 5.69 Å². The highest BCUT2D eigenvalue weighted by Crippen LogP contribution is 2.31. The Morgan fingerprint density at radius 2 is 1.88 bits per heavy atom. The molecule has 1 amide bonds. The number of anilines is 1. The third-order valence-corrected chi connectivity index (χ3v) is 7.08. The molecule has 0 atom stereocenters. The number of amides is 1. The van der Waals surface area contributed by atoms with Gasteiger partial charge in [0.15, 0.2) is 16.3 Å². The second-order valence-corrected chi connectivity index (χ2v) is 9.17. The number of piperazine rings is 1. The van der Waals surface area contributed by atoms with Gasteiger partial charge in [-0.25, -0.2) is 14.8 Å². The summed E-state index contributed by atoms with van der Waals surface area (Å²) in [6.45, 7) is 2.43. The van der Waals surface area contributed by atoms with E-state index in [1.54, 1.807) is 23.3 Å². The van der Waals surface area contributed by atoms with Crippen LogP contribution in [-0.2, 0) is 25.4 Å². The van der Waals surface area contributed by atoms with Gasteiger partial charge < -0.3 is 14.4 Å². The van der Waals surface area contributed by atoms with Gasteiger partial charge in [-0.05, 0) is 18.2 Å². The van der Waals surface area contributed by atoms with Gasteiger partial charge in [-0.3, -0.25) is 18.7 Å². The maximum Gasteiger partial charge on any atom is 0.332 e. The molecule has 4 aromatic rings. The van der Waals surface area contributed by atoms with Crippen LogP contribution >= 0.6 is 22.9 Å². The van der Waals surface area contributed by atoms with Crippen molar-refractivity contribution >= 4 is 55.4 Å². The van der Waals surface area contributed by atoms with E-state index in [-0.39, 0.29) is 23.6 Å². The van der Waals surface area contributed by atoms with E-state index in [1.165, 1.54) is 22.5 Å². The van der Waals surface area contributed by atoms with Crippen LogP contribution in [0.5, 0.6) is 0 Å². The van der Waals surface area contributed by atoms with Gasteiger partial charge in [0, 0.05) is 45.3 Å². The van der Waals surface area contributed by atoms with Gasteiger partial charge in [-0.15, -0.1) is 0 Å². The standard InChI is InChI=1S/C20H20ClN7O3S/c1-24-17-16(18(30)25(2)20(24)31)28(11-22-17)10-15(29)26-5-7-27(8-6-26)19-23-13-4-3-12(21)9-14(13)32-19/h3-4,9,11H,5-8,10H2,1-2H3. The van der Waals surface area contributed by atoms with Crippen molar-refractivity contribution in [3.8, 4) is 0 Å². The number of aromatic nitrogens is 5. The van der Waals surface area contributed by atoms with Crippen molar-refractivity contribution in [2.45, 2.75) is 6.54 Å². The number of hydrogen-bond acceptors (Lipinski definition) is 7. The lowest BCUT2D eigenvalue weighted by Crippen LogP contribution is -2.49. The van der Waals surface area contributed by atoms with Crippen LogP contribution in [0.4, 0.5) is 5.13 Å². The molecule has 1 fully saturated rings. The minimum atomic E-state index is -0.464. The predicted molar refractivity (Wildman–Crippen MR) is 124 cm³/mol. The maximum absolute atomic E-state index is 12.9. The van der Waals surface area contributed by atoms with Crippen molar-refractivity contribution in [2.75, 3.05) is 31.1 Å². The van der Waals surface area contributed by atoms with E-state index >= 15 is 0 Å². The highest BCUT2D eigenvalue weighted by Gasteiger charge is 2.24. The first kappa shape index (κ1) is 20.7. The summed E-state index contributed by atoms with van der Waals surface area (Å²) >= 11 is 7.66. The molecule has 1 aliphatic rings. The Kier molecular flexibility index (Phi) is 5.01. The van der Waals surface area contributed by atoms with E-state index in [4.69, 9.17) is 11.6 Å². The number of carbonyl (C=O) groups is 1. The zero-order valence-electron chi connectivity index (χ0n) is 17.5. The third-order valence-electron chi connectivity index (χ3n) is 5.76. The van der Waals surface area contributed by atoms with Crippen molar-refractivity contribution in [1.29, 1.82) is 0 Å². The lowest BCUT2D eigenvalue weighted by atomic mass is 10.3. The third kappa shape index (κ3) is 3.37. The number of aryl methyl sites for hydroxylation is 1. The van der Waals surface area contributed by atoms with Gasteiger partial charge in [-0.1, -0.05) is 22.9 Å². The fourth-order valence-corrected chi connectivity index (χ4v) is 5.22. The lowest BCUT2D eigenvalue weighted by molar-refractivity contribution is -0.132. The summed E-state index contributed by atoms with van der Waals surface area (Å²) in [6.07, 6.45) is 1.44. The number of imidazole rings is 1. The molecule has 32 heavy (non-hydrogen) atoms. The SMILES string of the molecule is Cn1c(=O)c2c(ncn2CC(=O)N2CCN(c3nc4ccc(Cl)cc4s3)CC2)n(C)c1=O. The fraction of sp³-hybridized carbons (Fsp3) is 0.350. The first-order chi connectivity index (χ1) is 15.3. The molecule has 4 heterocycles. The number of carbonyl (C=O) groups excluding carboxylic acids is 1. The minimum absolute atomic E-state index is 0.0103. The van der Waals surface area contributed by atoms with E-state index in [9.17, 15) is 14.4 Å². The van der Waals surface area contributed by atoms with Crippen LogP contribution in [0.2, 0.25) is 5.02 Å². The number of nitrogens with zero attached hydrogens (tertiary/aromatic N) is 7. The summed E-state index contributed by atoms with van der Waals surface area (Å²) in [5.74, 6) is -0.101. The van der Waals surface area contributed by atoms with Crippen LogP contribution < -0.4 is 16.1 Å². The summed E-state index contributed by atoms with van der Waals surface area (Å²) in [6, 6.07) is 5.65. The smallest absolute Gasteiger partial charge is 0.332 e. The Labute approximate surface area is 190 Å². The zero-order valence-corrected chi connectivity index (χ0v) is 19.1. The maximum atomic E-state index is 12.9. The Balaban J connectivity index is 1.31. The number of thiazole rings is 1. The zero-order chi connectivity index (χ0) is 22.6. The molecule has 0 aliphatic carbocycles. The lowest BCUT2D eigenvalue weighted by Gasteiger charge is -2.34. The predicted octanol–water partition coefficient (Wildman–Crippen LogP) is 1.05. The second kappa shape index (κ2) is 7.75. The molecule has 10 nitrogen and oxygen atoms in total. The van der Waals surface area contributed by atoms with Crippen molar-refractivity contribution in [1.82, 2.24) is 28.6 Å². The second-order valence-electron chi connectivity index (χ2n) is 7.73. The normalized spacial score (nSPS) is 14.6. The molecule has 3 aromatic heterocycles. The molecule has 0 N–H and O–H groups in total. The Hall–Kier alpha value is -3.18. The summed E-state index contributed by atoms with van der Waals surface area (Å²) < 4.78 is 4.88. The Morgan fingerprint density at radius 1 is 1.12 bits per heavy atom. The highest BCUT2D eigenvalue weighted by atomic mass is 35.5. The van der Waals surface area contributed by atoms with Gasteiger partial charge in [0.1, 0.15) is 6.54 Å². The number of fused-ring (bicyclic) bond motifs is 2. The minimum Gasteiger partial charge on any atom is -0.345 e. The van der Waals surface area contributed by atoms with Crippen LogP contribution in [-0.4, -0.2) is 60.7 Å². The molecule has 0 radical (unpaired) electrons. The molecule has 1 saturated heterocycles. The topological polar surface area (TPSA) is 98.3 Å². The summed E-state index contributed by atoms with van der Waals surface area (Å²) in [4.78, 5) is 50.4. The fourth-order valence-electron chi connectivity index (χ4n) is 3.93. The molecule has 5 rings (SSSR count). The van der Waals surface area contributed by atoms with Gasteiger partial charge in [0.2, 0.25) is 5.91 Å². The van der Waals surface area contributed by atoms with Crippen LogP contribution in [0.1, 0.15) is 0 Å². The van der Waals surface area contributed by atoms with Crippen LogP contribution in [0, 0.1) is 0 Å². The molecular weight excluding hydrogens is 454 g/mol. The summed E-state index contributed by atoms with van der Waals surface area (Å²) in [5.41, 5.74) is 0.513. The molecule has 1 aliphatic heterocycles. The number of halogens is 1. The average molecular weight is 474 g/mol. The van der Waals surface area contributed by atoms with Gasteiger partial charge in [0.05, 0.1) is 16.5 Å². The van der Waals surface area contributed by atoms with E-state index < -0.39 is 11.2 Å². The largest absolute Gasteiger partial charge is 0.345 e. The molecular formula is C20H20ClN7O3S. The first-order valence-electron chi connectivity index (χ1n) is 10.0. The van der Waals surface area contributed by atoms with Crippen molar-refractivity contribution in [3.63, 3.8) is 0 Å². The van der Waals surface area contributed by atoms with Crippen LogP contribution in [0.15, 0.2) is 34.1 Å². The van der Waals surface area contributed by atoms with Gasteiger partial charge in [-0.2, -0.15) is 0 Å². The molecule has 0 unspecified atom stereocenters. The molecule has 12 heteroatoms. The Bertz CT molecular complexity index is 1480. The quantitative estimate of drug-likeness (QED) is 0.441. The van der Waals surface area contributed by atoms with Crippen LogP contribution in [0.3, 0.4) is 0 Å². The van der Waals surface area contributed by atoms with Crippen molar-refractivity contribution in [2.24, 2.45) is 14.1 Å². The molecule has 0 bridgehead atoms. The van der Waals surface area contributed by atoms with Crippen molar-refractivity contribution in [3.05, 3.63) is 50.4 Å². The molecule has 0 spiro atoms. The number of rotatable bonds is 3. The summed E-state index contributed by atoms with van der Waals surface area (Å²) in [5, 5.41) is 1.60. The van der Waals surface area contributed by atoms with Crippen molar-refractivity contribution < 1.29 is 4.79 Å². The summed E-state index contributed by atoms with van der Waals surface area (Å²) in [7, 11) is 2.97. The van der Waals surface area contributed by atoms with Crippen LogP contribution in [0.25, 0.3) is 21.4 Å². The van der Waals surface area contributed by atoms with E-state index in [1.807, 2.05) is 18.2 Å². The number of hydrogen-bond donors (Lipinski definition) is 0. The van der Waals surface area contributed by atoms with E-state index in [0.29, 0.717) is 31.2 Å². The monoisotopic (exact) mass is 473 g/mol. The average Bonchev–Trinajstić information content (AvgIpc) is 3.40. The first-order valence-corrected chi connectivity index (χ1v) is 11.2. The van der Waals surface area contributed by atoms with E-state index in [2.05, 4.69) is 14.9 Å². The number of benzene rings is 1. The van der Waals surface area contributed by atoms with Gasteiger partial charge in [0.25, 0.3) is 5.56 Å². The molecule has 1 aromatic carbocycles. The molecule has 0 saturated carbocycles. The molecule has 166 valence electrons. The van der Waals surface area contributed by atoms with E-state index in [0.717, 1.165) is 19.9 Å².